The van der Waals surface area contributed by atoms with E-state index in [-0.39, 0.29) is 31.8 Å². The van der Waals surface area contributed by atoms with Crippen molar-refractivity contribution in [3.05, 3.63) is 23.8 Å². The van der Waals surface area contributed by atoms with Crippen LogP contribution in [0.15, 0.2) is 18.2 Å². The van der Waals surface area contributed by atoms with Gasteiger partial charge in [-0.15, -0.1) is 0 Å². The van der Waals surface area contributed by atoms with Crippen molar-refractivity contribution in [1.29, 1.82) is 5.26 Å². The first-order chi connectivity index (χ1) is 15.0. The van der Waals surface area contributed by atoms with E-state index < -0.39 is 17.4 Å². The molecule has 0 atom stereocenters. The lowest BCUT2D eigenvalue weighted by Gasteiger charge is -2.28. The zero-order valence-electron chi connectivity index (χ0n) is 19.4. The summed E-state index contributed by atoms with van der Waals surface area (Å²) < 4.78 is 21.1. The second-order valence-corrected chi connectivity index (χ2v) is 7.24. The highest BCUT2D eigenvalue weighted by Crippen LogP contribution is 2.40. The van der Waals surface area contributed by atoms with Crippen molar-refractivity contribution in [1.82, 2.24) is 0 Å². The normalized spacial score (nSPS) is 13.4. The van der Waals surface area contributed by atoms with Gasteiger partial charge in [0.2, 0.25) is 0 Å². The Bertz CT molecular complexity index is 729. The van der Waals surface area contributed by atoms with Crippen LogP contribution in [0.4, 0.5) is 0 Å². The minimum absolute atomic E-state index is 0.0656. The van der Waals surface area contributed by atoms with E-state index in [0.717, 1.165) is 25.7 Å². The van der Waals surface area contributed by atoms with Crippen LogP contribution < -0.4 is 9.47 Å². The predicted octanol–water partition coefficient (Wildman–Crippen LogP) is 4.71. The lowest BCUT2D eigenvalue weighted by atomic mass is 9.74. The van der Waals surface area contributed by atoms with Gasteiger partial charge in [0.15, 0.2) is 11.5 Å². The van der Waals surface area contributed by atoms with Gasteiger partial charge in [0.25, 0.3) is 0 Å². The zero-order chi connectivity index (χ0) is 23.3. The van der Waals surface area contributed by atoms with Crippen molar-refractivity contribution in [3.63, 3.8) is 0 Å². The minimum Gasteiger partial charge on any atom is -0.493 e. The smallest absolute Gasteiger partial charge is 0.305 e. The Morgan fingerprint density at radius 1 is 1.00 bits per heavy atom. The van der Waals surface area contributed by atoms with Gasteiger partial charge in [0, 0.05) is 12.8 Å². The lowest BCUT2D eigenvalue weighted by Crippen LogP contribution is -2.27. The summed E-state index contributed by atoms with van der Waals surface area (Å²) in [5, 5.41) is 10.1. The summed E-state index contributed by atoms with van der Waals surface area (Å²) in [6.45, 7) is 4.00. The molecule has 0 amide bonds. The lowest BCUT2D eigenvalue weighted by molar-refractivity contribution is -0.141. The maximum absolute atomic E-state index is 11.7. The molecule has 7 nitrogen and oxygen atoms in total. The van der Waals surface area contributed by atoms with Gasteiger partial charge in [-0.3, -0.25) is 9.59 Å². The highest BCUT2D eigenvalue weighted by Gasteiger charge is 2.35. The molecule has 0 heterocycles. The molecule has 1 aromatic carbocycles. The third-order valence-electron chi connectivity index (χ3n) is 5.49. The van der Waals surface area contributed by atoms with Gasteiger partial charge in [0.05, 0.1) is 38.9 Å². The molecule has 31 heavy (non-hydrogen) atoms. The fraction of sp³-hybridized carbons (Fsp3) is 0.625. The van der Waals surface area contributed by atoms with Gasteiger partial charge < -0.3 is 18.9 Å². The van der Waals surface area contributed by atoms with E-state index in [1.165, 1.54) is 14.2 Å². The molecule has 0 N–H and O–H groups in total. The third-order valence-corrected chi connectivity index (χ3v) is 5.49. The summed E-state index contributed by atoms with van der Waals surface area (Å²) in [6, 6.07) is 7.69. The molecule has 0 saturated heterocycles. The number of hydrogen-bond donors (Lipinski definition) is 0. The number of carbonyl (C=O) groups excluding carboxylic acids is 2. The first kappa shape index (κ1) is 26.3. The van der Waals surface area contributed by atoms with Crippen molar-refractivity contribution >= 4 is 11.9 Å². The van der Waals surface area contributed by atoms with E-state index in [0.29, 0.717) is 17.1 Å². The van der Waals surface area contributed by atoms with Gasteiger partial charge in [-0.1, -0.05) is 19.9 Å². The van der Waals surface area contributed by atoms with Crippen LogP contribution in [-0.2, 0) is 24.5 Å². The molecule has 1 fully saturated rings. The first-order valence-electron chi connectivity index (χ1n) is 10.9. The van der Waals surface area contributed by atoms with Crippen molar-refractivity contribution < 1.29 is 28.5 Å². The number of carbonyl (C=O) groups is 2. The SMILES string of the molecule is CC.COC(=O)CCC(C#N)(CCC(=O)OC)c1ccc(OC)c(OC2CCCC2)c1. The molecule has 7 heteroatoms. The summed E-state index contributed by atoms with van der Waals surface area (Å²) >= 11 is 0. The van der Waals surface area contributed by atoms with Gasteiger partial charge in [-0.2, -0.15) is 5.26 Å². The number of hydrogen-bond acceptors (Lipinski definition) is 7. The Hall–Kier alpha value is -2.75. The standard InChI is InChI=1S/C22H29NO6.C2H6/c1-26-18-9-8-16(14-19(18)29-17-6-4-5-7-17)22(15-23,12-10-20(24)27-2)13-11-21(25)28-3;1-2/h8-9,14,17H,4-7,10-13H2,1-3H3;1-2H3. The number of nitrogens with zero attached hydrogens (tertiary/aromatic N) is 1. The van der Waals surface area contributed by atoms with E-state index in [1.54, 1.807) is 25.3 Å². The molecule has 1 aliphatic carbocycles. The Labute approximate surface area is 185 Å². The van der Waals surface area contributed by atoms with Crippen LogP contribution in [0.25, 0.3) is 0 Å². The quantitative estimate of drug-likeness (QED) is 0.493. The summed E-state index contributed by atoms with van der Waals surface area (Å²) in [7, 11) is 4.19. The summed E-state index contributed by atoms with van der Waals surface area (Å²) in [4.78, 5) is 23.5. The largest absolute Gasteiger partial charge is 0.493 e. The van der Waals surface area contributed by atoms with Crippen LogP contribution >= 0.6 is 0 Å². The van der Waals surface area contributed by atoms with E-state index >= 15 is 0 Å². The number of nitriles is 1. The van der Waals surface area contributed by atoms with Crippen molar-refractivity contribution in [2.75, 3.05) is 21.3 Å². The highest BCUT2D eigenvalue weighted by molar-refractivity contribution is 5.70. The first-order valence-corrected chi connectivity index (χ1v) is 10.9. The maximum atomic E-state index is 11.7. The Kier molecular flexibility index (Phi) is 11.5. The Morgan fingerprint density at radius 2 is 1.55 bits per heavy atom. The molecular formula is C24H35NO6. The Balaban J connectivity index is 0.00000233. The van der Waals surface area contributed by atoms with Crippen molar-refractivity contribution in [3.8, 4) is 17.6 Å². The molecule has 0 unspecified atom stereocenters. The Morgan fingerprint density at radius 3 is 2.00 bits per heavy atom. The maximum Gasteiger partial charge on any atom is 0.305 e. The highest BCUT2D eigenvalue weighted by atomic mass is 16.5. The summed E-state index contributed by atoms with van der Waals surface area (Å²) in [6.07, 6.45) is 4.95. The monoisotopic (exact) mass is 433 g/mol. The second kappa shape index (κ2) is 13.5. The molecular weight excluding hydrogens is 398 g/mol. The number of benzene rings is 1. The molecule has 0 aromatic heterocycles. The van der Waals surface area contributed by atoms with Gasteiger partial charge in [0.1, 0.15) is 0 Å². The zero-order valence-corrected chi connectivity index (χ0v) is 19.4. The van der Waals surface area contributed by atoms with E-state index in [2.05, 4.69) is 6.07 Å². The fourth-order valence-corrected chi connectivity index (χ4v) is 3.68. The molecule has 1 aromatic rings. The third kappa shape index (κ3) is 7.46. The molecule has 0 radical (unpaired) electrons. The molecule has 172 valence electrons. The van der Waals surface area contributed by atoms with Crippen molar-refractivity contribution in [2.24, 2.45) is 0 Å². The van der Waals surface area contributed by atoms with Crippen LogP contribution in [0.1, 0.15) is 70.8 Å². The van der Waals surface area contributed by atoms with Crippen molar-refractivity contribution in [2.45, 2.75) is 76.7 Å². The van der Waals surface area contributed by atoms with E-state index in [9.17, 15) is 14.9 Å². The average Bonchev–Trinajstić information content (AvgIpc) is 3.33. The number of ether oxygens (including phenoxy) is 4. The number of esters is 2. The van der Waals surface area contributed by atoms with Gasteiger partial charge >= 0.3 is 11.9 Å². The van der Waals surface area contributed by atoms with Gasteiger partial charge in [-0.25, -0.2) is 0 Å². The van der Waals surface area contributed by atoms with E-state index in [1.807, 2.05) is 13.8 Å². The summed E-state index contributed by atoms with van der Waals surface area (Å²) in [5.41, 5.74) is -0.371. The minimum atomic E-state index is -1.05. The molecule has 0 aliphatic heterocycles. The number of rotatable bonds is 10. The molecule has 1 saturated carbocycles. The molecule has 2 rings (SSSR count). The molecule has 1 aliphatic rings. The van der Waals surface area contributed by atoms with Crippen LogP contribution in [0.5, 0.6) is 11.5 Å². The second-order valence-electron chi connectivity index (χ2n) is 7.24. The number of methoxy groups -OCH3 is 3. The van der Waals surface area contributed by atoms with E-state index in [4.69, 9.17) is 18.9 Å². The van der Waals surface area contributed by atoms with Crippen LogP contribution in [0, 0.1) is 11.3 Å². The predicted molar refractivity (Wildman–Crippen MR) is 117 cm³/mol. The summed E-state index contributed by atoms with van der Waals surface area (Å²) in [5.74, 6) is 0.360. The van der Waals surface area contributed by atoms with Crippen LogP contribution in [0.3, 0.4) is 0 Å². The molecule has 0 spiro atoms. The fourth-order valence-electron chi connectivity index (χ4n) is 3.68. The van der Waals surface area contributed by atoms with Gasteiger partial charge in [-0.05, 0) is 56.2 Å². The molecule has 0 bridgehead atoms. The average molecular weight is 434 g/mol. The van der Waals surface area contributed by atoms with Crippen LogP contribution in [0.2, 0.25) is 0 Å². The van der Waals surface area contributed by atoms with Crippen LogP contribution in [-0.4, -0.2) is 39.4 Å². The topological polar surface area (TPSA) is 94.9 Å².